The molecule has 0 N–H and O–H groups in total. The number of rotatable bonds is 2. The molecule has 9 heteroatoms. The molecule has 0 atom stereocenters. The standard InChI is InChI=1S/C23H30ClN3O4S/c1-22(2,3)27-17-10-11-26(21(29)31-23(4,5)6)13-16(17)20(32-27)25-19(28)15-12-14(24)8-9-18(15)30-7/h8-9,12H,10-11,13H2,1-7H3/b25-20-. The highest BCUT2D eigenvalue weighted by Gasteiger charge is 2.31. The molecule has 0 saturated carbocycles. The van der Waals surface area contributed by atoms with Gasteiger partial charge < -0.3 is 14.4 Å². The van der Waals surface area contributed by atoms with Crippen LogP contribution in [-0.2, 0) is 23.2 Å². The van der Waals surface area contributed by atoms with Crippen LogP contribution in [0.3, 0.4) is 0 Å². The Labute approximate surface area is 197 Å². The minimum absolute atomic E-state index is 0.187. The third-order valence-corrected chi connectivity index (χ3v) is 6.55. The molecule has 0 fully saturated rings. The minimum atomic E-state index is -0.580. The van der Waals surface area contributed by atoms with Gasteiger partial charge in [-0.3, -0.25) is 8.75 Å². The number of hydrogen-bond donors (Lipinski definition) is 0. The smallest absolute Gasteiger partial charge is 0.410 e. The fraction of sp³-hybridized carbons (Fsp3) is 0.522. The van der Waals surface area contributed by atoms with Crippen molar-refractivity contribution >= 4 is 35.1 Å². The maximum absolute atomic E-state index is 13.1. The lowest BCUT2D eigenvalue weighted by Gasteiger charge is -2.32. The minimum Gasteiger partial charge on any atom is -0.496 e. The zero-order chi connectivity index (χ0) is 23.8. The quantitative estimate of drug-likeness (QED) is 0.607. The molecule has 32 heavy (non-hydrogen) atoms. The Morgan fingerprint density at radius 2 is 1.84 bits per heavy atom. The SMILES string of the molecule is COc1ccc(Cl)cc1C(=O)/N=c1\sn(C(C)(C)C)c2c1CN(C(=O)OC(C)(C)C)CC2. The summed E-state index contributed by atoms with van der Waals surface area (Å²) in [7, 11) is 1.50. The molecule has 2 aromatic rings. The van der Waals surface area contributed by atoms with Gasteiger partial charge in [0.25, 0.3) is 5.91 Å². The first-order chi connectivity index (χ1) is 14.8. The maximum Gasteiger partial charge on any atom is 0.410 e. The van der Waals surface area contributed by atoms with Gasteiger partial charge in [0, 0.05) is 34.8 Å². The van der Waals surface area contributed by atoms with Gasteiger partial charge in [-0.15, -0.1) is 0 Å². The second-order valence-electron chi connectivity index (χ2n) is 9.70. The van der Waals surface area contributed by atoms with E-state index < -0.39 is 11.5 Å². The number of carbonyl (C=O) groups is 2. The number of hydrogen-bond acceptors (Lipinski definition) is 5. The van der Waals surface area contributed by atoms with Crippen molar-refractivity contribution in [2.45, 2.75) is 65.6 Å². The lowest BCUT2D eigenvalue weighted by molar-refractivity contribution is 0.0221. The number of amides is 2. The van der Waals surface area contributed by atoms with Gasteiger partial charge in [-0.05, 0) is 71.3 Å². The van der Waals surface area contributed by atoms with Gasteiger partial charge in [-0.25, -0.2) is 4.79 Å². The number of fused-ring (bicyclic) bond motifs is 1. The monoisotopic (exact) mass is 479 g/mol. The number of benzene rings is 1. The Balaban J connectivity index is 2.06. The van der Waals surface area contributed by atoms with Crippen molar-refractivity contribution in [2.24, 2.45) is 4.99 Å². The topological polar surface area (TPSA) is 73.1 Å². The first-order valence-corrected chi connectivity index (χ1v) is 11.6. The molecule has 3 rings (SSSR count). The van der Waals surface area contributed by atoms with E-state index in [0.29, 0.717) is 40.5 Å². The summed E-state index contributed by atoms with van der Waals surface area (Å²) in [5.74, 6) is -0.0310. The molecule has 2 amide bonds. The second kappa shape index (κ2) is 8.90. The van der Waals surface area contributed by atoms with Gasteiger partial charge in [0.05, 0.1) is 19.2 Å². The fourth-order valence-electron chi connectivity index (χ4n) is 3.48. The van der Waals surface area contributed by atoms with Crippen molar-refractivity contribution in [1.82, 2.24) is 8.86 Å². The van der Waals surface area contributed by atoms with Crippen molar-refractivity contribution in [3.63, 3.8) is 0 Å². The van der Waals surface area contributed by atoms with Crippen molar-refractivity contribution in [3.8, 4) is 5.75 Å². The summed E-state index contributed by atoms with van der Waals surface area (Å²) in [5, 5.41) is 0.429. The van der Waals surface area contributed by atoms with E-state index in [0.717, 1.165) is 11.3 Å². The van der Waals surface area contributed by atoms with Crippen molar-refractivity contribution < 1.29 is 19.1 Å². The van der Waals surface area contributed by atoms with Gasteiger partial charge in [-0.2, -0.15) is 4.99 Å². The molecule has 2 heterocycles. The predicted molar refractivity (Wildman–Crippen MR) is 126 cm³/mol. The van der Waals surface area contributed by atoms with Crippen LogP contribution in [0.5, 0.6) is 5.75 Å². The molecule has 7 nitrogen and oxygen atoms in total. The molecular weight excluding hydrogens is 450 g/mol. The third kappa shape index (κ3) is 5.35. The van der Waals surface area contributed by atoms with E-state index in [1.807, 2.05) is 20.8 Å². The molecule has 1 aromatic carbocycles. The van der Waals surface area contributed by atoms with Crippen LogP contribution >= 0.6 is 23.1 Å². The van der Waals surface area contributed by atoms with Crippen LogP contribution in [0.1, 0.15) is 63.2 Å². The highest BCUT2D eigenvalue weighted by molar-refractivity contribution is 7.04. The molecule has 0 saturated heterocycles. The van der Waals surface area contributed by atoms with E-state index in [-0.39, 0.29) is 11.6 Å². The molecular formula is C23H30ClN3O4S. The van der Waals surface area contributed by atoms with E-state index in [1.165, 1.54) is 18.6 Å². The fourth-order valence-corrected chi connectivity index (χ4v) is 4.82. The number of aromatic nitrogens is 1. The van der Waals surface area contributed by atoms with Crippen molar-refractivity contribution in [2.75, 3.05) is 13.7 Å². The van der Waals surface area contributed by atoms with Crippen LogP contribution in [0.15, 0.2) is 23.2 Å². The zero-order valence-corrected chi connectivity index (χ0v) is 21.2. The Morgan fingerprint density at radius 3 is 2.44 bits per heavy atom. The Kier molecular flexibility index (Phi) is 6.77. The molecule has 174 valence electrons. The molecule has 0 aliphatic carbocycles. The van der Waals surface area contributed by atoms with E-state index in [4.69, 9.17) is 21.1 Å². The number of ether oxygens (including phenoxy) is 2. The molecule has 1 aliphatic heterocycles. The summed E-state index contributed by atoms with van der Waals surface area (Å²) in [6, 6.07) is 4.86. The molecule has 1 aromatic heterocycles. The van der Waals surface area contributed by atoms with Gasteiger partial charge in [-0.1, -0.05) is 11.6 Å². The summed E-state index contributed by atoms with van der Waals surface area (Å²) in [5.41, 5.74) is 1.49. The second-order valence-corrected chi connectivity index (χ2v) is 11.1. The first-order valence-electron chi connectivity index (χ1n) is 10.5. The van der Waals surface area contributed by atoms with Crippen LogP contribution in [0.2, 0.25) is 5.02 Å². The maximum atomic E-state index is 13.1. The van der Waals surface area contributed by atoms with Gasteiger partial charge in [0.1, 0.15) is 16.0 Å². The average molecular weight is 480 g/mol. The normalized spacial score (nSPS) is 14.9. The molecule has 0 unspecified atom stereocenters. The summed E-state index contributed by atoms with van der Waals surface area (Å²) >= 11 is 7.52. The first kappa shape index (κ1) is 24.3. The summed E-state index contributed by atoms with van der Waals surface area (Å²) in [4.78, 5) is 31.9. The predicted octanol–water partition coefficient (Wildman–Crippen LogP) is 5.00. The largest absolute Gasteiger partial charge is 0.496 e. The Bertz CT molecular complexity index is 1110. The van der Waals surface area contributed by atoms with E-state index >= 15 is 0 Å². The molecule has 0 bridgehead atoms. The molecule has 0 radical (unpaired) electrons. The number of nitrogens with zero attached hydrogens (tertiary/aromatic N) is 3. The zero-order valence-electron chi connectivity index (χ0n) is 19.6. The Hall–Kier alpha value is -2.32. The highest BCUT2D eigenvalue weighted by Crippen LogP contribution is 2.28. The molecule has 0 spiro atoms. The number of methoxy groups -OCH3 is 1. The highest BCUT2D eigenvalue weighted by atomic mass is 35.5. The van der Waals surface area contributed by atoms with Crippen LogP contribution in [0, 0.1) is 0 Å². The van der Waals surface area contributed by atoms with E-state index in [9.17, 15) is 9.59 Å². The van der Waals surface area contributed by atoms with Gasteiger partial charge in [0.2, 0.25) is 0 Å². The number of halogens is 1. The van der Waals surface area contributed by atoms with E-state index in [1.54, 1.807) is 23.1 Å². The van der Waals surface area contributed by atoms with Gasteiger partial charge >= 0.3 is 6.09 Å². The average Bonchev–Trinajstić information content (AvgIpc) is 3.04. The number of carbonyl (C=O) groups excluding carboxylic acids is 2. The van der Waals surface area contributed by atoms with E-state index in [2.05, 4.69) is 29.7 Å². The van der Waals surface area contributed by atoms with Crippen LogP contribution in [-0.4, -0.2) is 40.1 Å². The van der Waals surface area contributed by atoms with Crippen LogP contribution in [0.25, 0.3) is 0 Å². The lowest BCUT2D eigenvalue weighted by Crippen LogP contribution is -2.41. The Morgan fingerprint density at radius 1 is 1.16 bits per heavy atom. The summed E-state index contributed by atoms with van der Waals surface area (Å²) in [6.07, 6.45) is 0.289. The summed E-state index contributed by atoms with van der Waals surface area (Å²) < 4.78 is 13.6. The van der Waals surface area contributed by atoms with Gasteiger partial charge in [0.15, 0.2) is 0 Å². The summed E-state index contributed by atoms with van der Waals surface area (Å²) in [6.45, 7) is 12.7. The van der Waals surface area contributed by atoms with Crippen molar-refractivity contribution in [3.05, 3.63) is 44.7 Å². The lowest BCUT2D eigenvalue weighted by atomic mass is 10.0. The third-order valence-electron chi connectivity index (χ3n) is 4.85. The van der Waals surface area contributed by atoms with Crippen LogP contribution in [0.4, 0.5) is 4.79 Å². The van der Waals surface area contributed by atoms with Crippen LogP contribution < -0.4 is 9.41 Å². The molecule has 1 aliphatic rings. The van der Waals surface area contributed by atoms with Crippen molar-refractivity contribution in [1.29, 1.82) is 0 Å².